The number of ketones is 1. The number of hydrogen-bond acceptors (Lipinski definition) is 10. The maximum atomic E-state index is 12.8. The number of ether oxygens (including phenoxy) is 1. The van der Waals surface area contributed by atoms with Gasteiger partial charge in [-0.15, -0.1) is 11.3 Å². The summed E-state index contributed by atoms with van der Waals surface area (Å²) in [5.41, 5.74) is 7.17. The van der Waals surface area contributed by atoms with Gasteiger partial charge < -0.3 is 26.0 Å². The predicted octanol–water partition coefficient (Wildman–Crippen LogP) is 5.10. The number of Topliss-reactive ketones (excluding diaryl/α,β-unsaturated/α-hetero) is 1. The molecule has 3 heterocycles. The number of nitrogens with zero attached hydrogens (tertiary/aromatic N) is 4. The largest absolute Gasteiger partial charge is 0.473 e. The summed E-state index contributed by atoms with van der Waals surface area (Å²) in [6, 6.07) is 3.71. The molecule has 41 heavy (non-hydrogen) atoms. The molecule has 0 aliphatic rings. The summed E-state index contributed by atoms with van der Waals surface area (Å²) in [5.74, 6) is -0.754. The Morgan fingerprint density at radius 1 is 1.20 bits per heavy atom. The maximum absolute atomic E-state index is 12.8. The molecule has 0 aliphatic carbocycles. The van der Waals surface area contributed by atoms with E-state index in [0.29, 0.717) is 42.3 Å². The molecule has 4 N–H and O–H groups in total. The van der Waals surface area contributed by atoms with E-state index in [4.69, 9.17) is 10.5 Å². The van der Waals surface area contributed by atoms with Crippen LogP contribution >= 0.6 is 11.3 Å². The number of rotatable bonds is 11. The van der Waals surface area contributed by atoms with E-state index in [-0.39, 0.29) is 12.0 Å². The highest BCUT2D eigenvalue weighted by Crippen LogP contribution is 2.35. The summed E-state index contributed by atoms with van der Waals surface area (Å²) in [6.07, 6.45) is 0.0886. The lowest BCUT2D eigenvalue weighted by Gasteiger charge is -2.16. The Balaban J connectivity index is 0.000000816. The SMILES string of the molecule is CC.CC(=O)C(F)(F)F.Cc1c(C(=O)NCCCN(C)C)sc2ncnc(Nc3cccnc3OC(C)CCN)c12. The minimum atomic E-state index is -4.64. The fourth-order valence-corrected chi connectivity index (χ4v) is 4.32. The maximum Gasteiger partial charge on any atom is 0.449 e. The Hall–Kier alpha value is -3.36. The molecule has 0 aliphatic heterocycles. The normalized spacial score (nSPS) is 11.6. The van der Waals surface area contributed by atoms with Gasteiger partial charge in [-0.05, 0) is 71.6 Å². The molecule has 10 nitrogen and oxygen atoms in total. The Morgan fingerprint density at radius 2 is 1.85 bits per heavy atom. The smallest absolute Gasteiger partial charge is 0.449 e. The average Bonchev–Trinajstić information content (AvgIpc) is 3.26. The van der Waals surface area contributed by atoms with E-state index in [2.05, 4.69) is 30.5 Å². The molecule has 0 radical (unpaired) electrons. The number of amides is 1. The standard InChI is InChI=1S/C22H31N7O2S.C3H3F3O.C2H6/c1-14(8-9-23)31-21-16(7-5-10-25-21)28-19-17-15(2)18(32-22(17)27-13-26-19)20(30)24-11-6-12-29(3)4;1-2(7)3(4,5)6;1-2/h5,7,10,13-14H,6,8-9,11-12,23H2,1-4H3,(H,24,30)(H,26,27,28);1H3;1-2H3. The third-order valence-corrected chi connectivity index (χ3v) is 6.51. The molecule has 14 heteroatoms. The second-order valence-electron chi connectivity index (χ2n) is 8.91. The number of pyridine rings is 1. The summed E-state index contributed by atoms with van der Waals surface area (Å²) in [4.78, 5) is 38.8. The number of fused-ring (bicyclic) bond motifs is 1. The molecule has 0 fully saturated rings. The average molecular weight is 600 g/mol. The molecule has 3 rings (SSSR count). The van der Waals surface area contributed by atoms with Crippen molar-refractivity contribution in [1.82, 2.24) is 25.2 Å². The van der Waals surface area contributed by atoms with Crippen LogP contribution in [0.3, 0.4) is 0 Å². The molecule has 0 saturated carbocycles. The number of aromatic nitrogens is 3. The van der Waals surface area contributed by atoms with E-state index in [0.717, 1.165) is 35.2 Å². The highest BCUT2D eigenvalue weighted by molar-refractivity contribution is 7.20. The number of halogens is 3. The molecular weight excluding hydrogens is 559 g/mol. The van der Waals surface area contributed by atoms with Crippen molar-refractivity contribution in [1.29, 1.82) is 0 Å². The van der Waals surface area contributed by atoms with Crippen molar-refractivity contribution in [2.45, 2.75) is 59.7 Å². The number of anilines is 2. The van der Waals surface area contributed by atoms with E-state index >= 15 is 0 Å². The first kappa shape index (κ1) is 35.7. The molecule has 0 spiro atoms. The van der Waals surface area contributed by atoms with Gasteiger partial charge in [0.2, 0.25) is 11.7 Å². The summed E-state index contributed by atoms with van der Waals surface area (Å²) in [7, 11) is 4.03. The van der Waals surface area contributed by atoms with Crippen LogP contribution in [0.4, 0.5) is 24.7 Å². The van der Waals surface area contributed by atoms with Gasteiger partial charge in [0, 0.05) is 19.7 Å². The van der Waals surface area contributed by atoms with Crippen molar-refractivity contribution in [3.8, 4) is 5.88 Å². The van der Waals surface area contributed by atoms with E-state index in [9.17, 15) is 22.8 Å². The summed E-state index contributed by atoms with van der Waals surface area (Å²) < 4.78 is 38.4. The van der Waals surface area contributed by atoms with Crippen molar-refractivity contribution < 1.29 is 27.5 Å². The molecule has 3 aromatic rings. The van der Waals surface area contributed by atoms with Gasteiger partial charge in [-0.25, -0.2) is 15.0 Å². The lowest BCUT2D eigenvalue weighted by molar-refractivity contribution is -0.168. The highest BCUT2D eigenvalue weighted by Gasteiger charge is 2.33. The highest BCUT2D eigenvalue weighted by atomic mass is 32.1. The zero-order chi connectivity index (χ0) is 31.2. The molecule has 1 amide bonds. The van der Waals surface area contributed by atoms with E-state index in [1.54, 1.807) is 6.20 Å². The molecule has 1 atom stereocenters. The topological polar surface area (TPSA) is 135 Å². The number of alkyl halides is 3. The molecular formula is C27H40F3N7O3S. The van der Waals surface area contributed by atoms with Crippen molar-refractivity contribution in [3.05, 3.63) is 35.1 Å². The predicted molar refractivity (Wildman–Crippen MR) is 157 cm³/mol. The number of thiophene rings is 1. The second kappa shape index (κ2) is 17.5. The first-order valence-corrected chi connectivity index (χ1v) is 14.0. The Morgan fingerprint density at radius 3 is 2.44 bits per heavy atom. The van der Waals surface area contributed by atoms with Crippen molar-refractivity contribution in [3.63, 3.8) is 0 Å². The van der Waals surface area contributed by atoms with E-state index < -0.39 is 12.0 Å². The van der Waals surface area contributed by atoms with E-state index in [1.165, 1.54) is 17.7 Å². The van der Waals surface area contributed by atoms with Crippen LogP contribution in [-0.4, -0.2) is 77.6 Å². The molecule has 228 valence electrons. The van der Waals surface area contributed by atoms with Gasteiger partial charge in [0.15, 0.2) is 0 Å². The van der Waals surface area contributed by atoms with Crippen molar-refractivity contribution in [2.24, 2.45) is 5.73 Å². The van der Waals surface area contributed by atoms with Gasteiger partial charge in [-0.1, -0.05) is 13.8 Å². The molecule has 3 aromatic heterocycles. The summed E-state index contributed by atoms with van der Waals surface area (Å²) >= 11 is 1.37. The van der Waals surface area contributed by atoms with Gasteiger partial charge >= 0.3 is 6.18 Å². The number of nitrogens with one attached hydrogen (secondary N) is 2. The van der Waals surface area contributed by atoms with Crippen molar-refractivity contribution in [2.75, 3.05) is 39.0 Å². The number of carbonyl (C=O) groups is 2. The zero-order valence-electron chi connectivity index (χ0n) is 24.6. The van der Waals surface area contributed by atoms with Gasteiger partial charge in [-0.3, -0.25) is 9.59 Å². The Kier molecular flexibility index (Phi) is 15.2. The molecule has 0 saturated heterocycles. The van der Waals surface area contributed by atoms with Crippen LogP contribution in [0, 0.1) is 6.92 Å². The molecule has 0 aromatic carbocycles. The minimum Gasteiger partial charge on any atom is -0.473 e. The number of nitrogens with two attached hydrogens (primary N) is 1. The lowest BCUT2D eigenvalue weighted by atomic mass is 10.2. The monoisotopic (exact) mass is 599 g/mol. The van der Waals surface area contributed by atoms with Gasteiger partial charge in [0.05, 0.1) is 16.4 Å². The lowest BCUT2D eigenvalue weighted by Crippen LogP contribution is -2.26. The van der Waals surface area contributed by atoms with Crippen LogP contribution in [-0.2, 0) is 4.79 Å². The first-order chi connectivity index (χ1) is 19.3. The number of hydrogen-bond donors (Lipinski definition) is 3. The third kappa shape index (κ3) is 11.6. The minimum absolute atomic E-state index is 0.0634. The number of aryl methyl sites for hydroxylation is 1. The Labute approximate surface area is 242 Å². The van der Waals surface area contributed by atoms with Crippen LogP contribution < -0.4 is 21.1 Å². The first-order valence-electron chi connectivity index (χ1n) is 13.2. The van der Waals surface area contributed by atoms with E-state index in [1.807, 2.05) is 53.9 Å². The zero-order valence-corrected chi connectivity index (χ0v) is 25.4. The van der Waals surface area contributed by atoms with Crippen LogP contribution in [0.1, 0.15) is 55.8 Å². The van der Waals surface area contributed by atoms with Gasteiger partial charge in [0.1, 0.15) is 22.7 Å². The fourth-order valence-electron chi connectivity index (χ4n) is 3.25. The third-order valence-electron chi connectivity index (χ3n) is 5.31. The van der Waals surface area contributed by atoms with Crippen LogP contribution in [0.2, 0.25) is 0 Å². The molecule has 0 bridgehead atoms. The van der Waals surface area contributed by atoms with Crippen LogP contribution in [0.15, 0.2) is 24.7 Å². The fraction of sp³-hybridized carbons (Fsp3) is 0.519. The Bertz CT molecular complexity index is 1250. The van der Waals surface area contributed by atoms with Gasteiger partial charge in [-0.2, -0.15) is 13.2 Å². The number of carbonyl (C=O) groups excluding carboxylic acids is 2. The molecule has 1 unspecified atom stereocenters. The van der Waals surface area contributed by atoms with Crippen molar-refractivity contribution >= 4 is 44.7 Å². The summed E-state index contributed by atoms with van der Waals surface area (Å²) in [6.45, 7) is 10.5. The second-order valence-corrected chi connectivity index (χ2v) is 9.91. The quantitative estimate of drug-likeness (QED) is 0.257. The van der Waals surface area contributed by atoms with Crippen LogP contribution in [0.25, 0.3) is 10.2 Å². The van der Waals surface area contributed by atoms with Crippen LogP contribution in [0.5, 0.6) is 5.88 Å². The van der Waals surface area contributed by atoms with Gasteiger partial charge in [0.25, 0.3) is 5.91 Å². The summed E-state index contributed by atoms with van der Waals surface area (Å²) in [5, 5.41) is 7.14.